The van der Waals surface area contributed by atoms with Crippen LogP contribution < -0.4 is 5.56 Å². The van der Waals surface area contributed by atoms with Gasteiger partial charge in [0.1, 0.15) is 16.4 Å². The fraction of sp³-hybridized carbons (Fsp3) is 0.176. The zero-order valence-electron chi connectivity index (χ0n) is 13.0. The Morgan fingerprint density at radius 1 is 1.24 bits per heavy atom. The number of rotatable bonds is 5. The number of para-hydroxylation sites is 1. The number of esters is 1. The molecule has 0 unspecified atom stereocenters. The fourth-order valence-electron chi connectivity index (χ4n) is 2.46. The van der Waals surface area contributed by atoms with Gasteiger partial charge in [-0.05, 0) is 23.6 Å². The second-order valence-electron chi connectivity index (χ2n) is 5.37. The highest BCUT2D eigenvalue weighted by Crippen LogP contribution is 2.22. The van der Waals surface area contributed by atoms with E-state index >= 15 is 0 Å². The Labute approximate surface area is 150 Å². The number of ether oxygens (including phenoxy) is 1. The minimum Gasteiger partial charge on any atom is -0.458 e. The third-order valence-electron chi connectivity index (χ3n) is 3.70. The minimum absolute atomic E-state index is 0.113. The van der Waals surface area contributed by atoms with Crippen LogP contribution in [-0.2, 0) is 22.7 Å². The number of fused-ring (bicyclic) bond motifs is 2. The number of nitrogens with zero attached hydrogens (tertiary/aromatic N) is 3. The summed E-state index contributed by atoms with van der Waals surface area (Å²) in [6.07, 6.45) is 1.59. The number of thiazole rings is 1. The van der Waals surface area contributed by atoms with Crippen LogP contribution in [0.1, 0.15) is 11.4 Å². The smallest absolute Gasteiger partial charge is 0.308 e. The summed E-state index contributed by atoms with van der Waals surface area (Å²) in [6, 6.07) is 9.53. The highest BCUT2D eigenvalue weighted by molar-refractivity contribution is 7.18. The Balaban J connectivity index is 1.37. The van der Waals surface area contributed by atoms with E-state index in [1.54, 1.807) is 6.07 Å². The quantitative estimate of drug-likeness (QED) is 0.504. The van der Waals surface area contributed by atoms with E-state index in [2.05, 4.69) is 9.97 Å². The molecule has 0 amide bonds. The SMILES string of the molecule is O=C(CCn1cnc2sccc2c1=O)OCc1nc2ccccc2s1. The molecule has 8 heteroatoms. The molecule has 6 nitrogen and oxygen atoms in total. The predicted octanol–water partition coefficient (Wildman–Crippen LogP) is 3.20. The van der Waals surface area contributed by atoms with E-state index in [1.165, 1.54) is 33.6 Å². The lowest BCUT2D eigenvalue weighted by atomic mass is 10.3. The van der Waals surface area contributed by atoms with Crippen LogP contribution in [0.15, 0.2) is 46.8 Å². The van der Waals surface area contributed by atoms with Crippen LogP contribution in [0.2, 0.25) is 0 Å². The molecule has 126 valence electrons. The maximum absolute atomic E-state index is 12.3. The highest BCUT2D eigenvalue weighted by atomic mass is 32.1. The zero-order chi connectivity index (χ0) is 17.2. The summed E-state index contributed by atoms with van der Waals surface area (Å²) in [5.74, 6) is -0.364. The Hall–Kier alpha value is -2.58. The van der Waals surface area contributed by atoms with Gasteiger partial charge >= 0.3 is 5.97 Å². The molecule has 4 rings (SSSR count). The zero-order valence-corrected chi connectivity index (χ0v) is 14.7. The summed E-state index contributed by atoms with van der Waals surface area (Å²) >= 11 is 2.93. The number of hydrogen-bond acceptors (Lipinski definition) is 7. The molecular formula is C17H13N3O3S2. The summed E-state index contributed by atoms with van der Waals surface area (Å²) in [6.45, 7) is 0.394. The van der Waals surface area contributed by atoms with Crippen molar-refractivity contribution in [2.24, 2.45) is 0 Å². The molecule has 0 aliphatic rings. The van der Waals surface area contributed by atoms with Gasteiger partial charge in [0.25, 0.3) is 5.56 Å². The van der Waals surface area contributed by atoms with Gasteiger partial charge in [-0.1, -0.05) is 12.1 Å². The van der Waals surface area contributed by atoms with Crippen molar-refractivity contribution in [3.63, 3.8) is 0 Å². The third-order valence-corrected chi connectivity index (χ3v) is 5.53. The number of thiophene rings is 1. The van der Waals surface area contributed by atoms with Gasteiger partial charge in [0.2, 0.25) is 0 Å². The molecule has 0 spiro atoms. The number of carbonyl (C=O) groups is 1. The lowest BCUT2D eigenvalue weighted by Gasteiger charge is -2.05. The van der Waals surface area contributed by atoms with E-state index in [1.807, 2.05) is 29.6 Å². The molecule has 0 saturated heterocycles. The lowest BCUT2D eigenvalue weighted by molar-refractivity contribution is -0.145. The first-order chi connectivity index (χ1) is 12.2. The second-order valence-corrected chi connectivity index (χ2v) is 7.38. The summed E-state index contributed by atoms with van der Waals surface area (Å²) < 4.78 is 7.77. The van der Waals surface area contributed by atoms with Crippen LogP contribution >= 0.6 is 22.7 Å². The first-order valence-corrected chi connectivity index (χ1v) is 9.33. The van der Waals surface area contributed by atoms with Crippen LogP contribution in [0.3, 0.4) is 0 Å². The molecule has 4 aromatic rings. The number of carbonyl (C=O) groups excluding carboxylic acids is 1. The minimum atomic E-state index is -0.364. The number of aromatic nitrogens is 3. The first kappa shape index (κ1) is 15.9. The topological polar surface area (TPSA) is 74.1 Å². The molecular weight excluding hydrogens is 358 g/mol. The molecule has 0 fully saturated rings. The largest absolute Gasteiger partial charge is 0.458 e. The molecule has 0 atom stereocenters. The Morgan fingerprint density at radius 3 is 3.00 bits per heavy atom. The molecule has 25 heavy (non-hydrogen) atoms. The third kappa shape index (κ3) is 3.31. The van der Waals surface area contributed by atoms with Crippen molar-refractivity contribution in [3.05, 3.63) is 57.4 Å². The maximum atomic E-state index is 12.3. The summed E-state index contributed by atoms with van der Waals surface area (Å²) in [5, 5.41) is 3.17. The van der Waals surface area contributed by atoms with Gasteiger partial charge < -0.3 is 4.74 Å². The van der Waals surface area contributed by atoms with Gasteiger partial charge in [0.05, 0.1) is 28.4 Å². The molecule has 0 aliphatic carbocycles. The first-order valence-electron chi connectivity index (χ1n) is 7.63. The van der Waals surface area contributed by atoms with Crippen LogP contribution in [0.25, 0.3) is 20.4 Å². The van der Waals surface area contributed by atoms with E-state index in [4.69, 9.17) is 4.74 Å². The van der Waals surface area contributed by atoms with E-state index in [0.717, 1.165) is 15.2 Å². The highest BCUT2D eigenvalue weighted by Gasteiger charge is 2.10. The summed E-state index contributed by atoms with van der Waals surface area (Å²) in [4.78, 5) is 33.6. The van der Waals surface area contributed by atoms with Crippen LogP contribution in [0, 0.1) is 0 Å². The van der Waals surface area contributed by atoms with Crippen molar-refractivity contribution in [1.29, 1.82) is 0 Å². The van der Waals surface area contributed by atoms with Gasteiger partial charge in [0.15, 0.2) is 0 Å². The number of aryl methyl sites for hydroxylation is 1. The van der Waals surface area contributed by atoms with Crippen LogP contribution in [0.5, 0.6) is 0 Å². The average Bonchev–Trinajstić information content (AvgIpc) is 3.26. The van der Waals surface area contributed by atoms with Gasteiger partial charge in [0, 0.05) is 6.54 Å². The van der Waals surface area contributed by atoms with Gasteiger partial charge in [-0.2, -0.15) is 0 Å². The average molecular weight is 371 g/mol. The van der Waals surface area contributed by atoms with Crippen LogP contribution in [0.4, 0.5) is 0 Å². The molecule has 3 aromatic heterocycles. The normalized spacial score (nSPS) is 11.2. The number of benzene rings is 1. The fourth-order valence-corrected chi connectivity index (χ4v) is 4.06. The molecule has 0 saturated carbocycles. The molecule has 0 radical (unpaired) electrons. The molecule has 0 bridgehead atoms. The van der Waals surface area contributed by atoms with Gasteiger partial charge in [-0.25, -0.2) is 9.97 Å². The summed E-state index contributed by atoms with van der Waals surface area (Å²) in [7, 11) is 0. The Kier molecular flexibility index (Phi) is 4.29. The molecule has 0 N–H and O–H groups in total. The predicted molar refractivity (Wildman–Crippen MR) is 97.9 cm³/mol. The van der Waals surface area contributed by atoms with E-state index in [0.29, 0.717) is 10.2 Å². The van der Waals surface area contributed by atoms with Crippen molar-refractivity contribution >= 4 is 49.1 Å². The van der Waals surface area contributed by atoms with E-state index < -0.39 is 0 Å². The monoisotopic (exact) mass is 371 g/mol. The number of hydrogen-bond donors (Lipinski definition) is 0. The van der Waals surface area contributed by atoms with Crippen molar-refractivity contribution in [2.75, 3.05) is 0 Å². The van der Waals surface area contributed by atoms with Crippen molar-refractivity contribution in [2.45, 2.75) is 19.6 Å². The van der Waals surface area contributed by atoms with Gasteiger partial charge in [-0.3, -0.25) is 14.2 Å². The maximum Gasteiger partial charge on any atom is 0.308 e. The van der Waals surface area contributed by atoms with Crippen molar-refractivity contribution < 1.29 is 9.53 Å². The lowest BCUT2D eigenvalue weighted by Crippen LogP contribution is -2.21. The standard InChI is InChI=1S/C17H13N3O3S2/c21-15(23-9-14-19-12-3-1-2-4-13(12)25-14)5-7-20-10-18-16-11(17(20)22)6-8-24-16/h1-4,6,8,10H,5,7,9H2. The van der Waals surface area contributed by atoms with Gasteiger partial charge in [-0.15, -0.1) is 22.7 Å². The summed E-state index contributed by atoms with van der Waals surface area (Å²) in [5.41, 5.74) is 0.769. The van der Waals surface area contributed by atoms with Crippen molar-refractivity contribution in [3.8, 4) is 0 Å². The Bertz CT molecular complexity index is 1080. The molecule has 3 heterocycles. The van der Waals surface area contributed by atoms with Crippen LogP contribution in [-0.4, -0.2) is 20.5 Å². The second kappa shape index (κ2) is 6.73. The Morgan fingerprint density at radius 2 is 2.12 bits per heavy atom. The van der Waals surface area contributed by atoms with E-state index in [9.17, 15) is 9.59 Å². The molecule has 0 aliphatic heterocycles. The van der Waals surface area contributed by atoms with Crippen molar-refractivity contribution in [1.82, 2.24) is 14.5 Å². The van der Waals surface area contributed by atoms with E-state index in [-0.39, 0.29) is 31.1 Å². The molecule has 1 aromatic carbocycles.